The summed E-state index contributed by atoms with van der Waals surface area (Å²) in [6.07, 6.45) is 5.20. The number of nitrogens with zero attached hydrogens (tertiary/aromatic N) is 6. The first-order valence-corrected chi connectivity index (χ1v) is 7.86. The molecule has 22 heavy (non-hydrogen) atoms. The lowest BCUT2D eigenvalue weighted by Crippen LogP contribution is -2.47. The maximum absolute atomic E-state index is 4.46. The molecule has 3 aromatic heterocycles. The van der Waals surface area contributed by atoms with E-state index in [4.69, 9.17) is 0 Å². The van der Waals surface area contributed by atoms with Crippen molar-refractivity contribution in [3.63, 3.8) is 0 Å². The minimum Gasteiger partial charge on any atom is -0.353 e. The number of aromatic nitrogens is 5. The molecule has 1 fully saturated rings. The van der Waals surface area contributed by atoms with Crippen molar-refractivity contribution in [2.45, 2.75) is 0 Å². The van der Waals surface area contributed by atoms with Gasteiger partial charge in [0.15, 0.2) is 5.65 Å². The first-order chi connectivity index (χ1) is 10.8. The molecule has 0 spiro atoms. The first kappa shape index (κ1) is 13.4. The molecule has 0 aromatic carbocycles. The summed E-state index contributed by atoms with van der Waals surface area (Å²) in [4.78, 5) is 17.6. The highest BCUT2D eigenvalue weighted by Gasteiger charge is 2.21. The highest BCUT2D eigenvalue weighted by Crippen LogP contribution is 2.23. The summed E-state index contributed by atoms with van der Waals surface area (Å²) in [6, 6.07) is 4.06. The third-order valence-corrected chi connectivity index (χ3v) is 4.31. The molecular weight excluding hydrogens is 346 g/mol. The summed E-state index contributed by atoms with van der Waals surface area (Å²) < 4.78 is 0.998. The Kier molecular flexibility index (Phi) is 3.38. The van der Waals surface area contributed by atoms with E-state index in [0.717, 1.165) is 53.3 Å². The monoisotopic (exact) mass is 359 g/mol. The fraction of sp³-hybridized carbons (Fsp3) is 0.286. The third kappa shape index (κ3) is 2.39. The van der Waals surface area contributed by atoms with Gasteiger partial charge in [-0.3, -0.25) is 5.10 Å². The van der Waals surface area contributed by atoms with E-state index in [0.29, 0.717) is 0 Å². The number of hydrogen-bond donors (Lipinski definition) is 1. The van der Waals surface area contributed by atoms with E-state index in [2.05, 4.69) is 50.9 Å². The molecular formula is C14H14BrN7. The van der Waals surface area contributed by atoms with Crippen LogP contribution in [0.3, 0.4) is 0 Å². The fourth-order valence-corrected chi connectivity index (χ4v) is 2.94. The van der Waals surface area contributed by atoms with E-state index >= 15 is 0 Å². The molecule has 1 aliphatic heterocycles. The van der Waals surface area contributed by atoms with E-state index in [1.165, 1.54) is 0 Å². The lowest BCUT2D eigenvalue weighted by molar-refractivity contribution is 0.643. The van der Waals surface area contributed by atoms with Crippen LogP contribution in [-0.2, 0) is 0 Å². The molecule has 1 saturated heterocycles. The third-order valence-electron chi connectivity index (χ3n) is 3.84. The van der Waals surface area contributed by atoms with Crippen molar-refractivity contribution in [3.05, 3.63) is 35.3 Å². The number of anilines is 2. The molecule has 7 nitrogen and oxygen atoms in total. The van der Waals surface area contributed by atoms with Crippen LogP contribution >= 0.6 is 15.9 Å². The van der Waals surface area contributed by atoms with Gasteiger partial charge in [0.2, 0.25) is 0 Å². The molecule has 0 aliphatic carbocycles. The van der Waals surface area contributed by atoms with Gasteiger partial charge in [-0.15, -0.1) is 0 Å². The minimum absolute atomic E-state index is 0.780. The van der Waals surface area contributed by atoms with Crippen LogP contribution in [0.2, 0.25) is 0 Å². The van der Waals surface area contributed by atoms with E-state index in [1.807, 2.05) is 18.3 Å². The van der Waals surface area contributed by atoms with Crippen LogP contribution in [0.1, 0.15) is 0 Å². The minimum atomic E-state index is 0.780. The van der Waals surface area contributed by atoms with Crippen molar-refractivity contribution in [2.75, 3.05) is 36.0 Å². The van der Waals surface area contributed by atoms with Gasteiger partial charge in [0.25, 0.3) is 0 Å². The Morgan fingerprint density at radius 3 is 2.55 bits per heavy atom. The van der Waals surface area contributed by atoms with Crippen molar-refractivity contribution in [1.82, 2.24) is 25.1 Å². The van der Waals surface area contributed by atoms with Crippen LogP contribution in [0.15, 0.2) is 35.3 Å². The molecule has 4 rings (SSSR count). The van der Waals surface area contributed by atoms with E-state index < -0.39 is 0 Å². The normalized spacial score (nSPS) is 15.5. The van der Waals surface area contributed by atoms with Gasteiger partial charge in [0, 0.05) is 36.8 Å². The Morgan fingerprint density at radius 2 is 1.77 bits per heavy atom. The van der Waals surface area contributed by atoms with Crippen LogP contribution in [-0.4, -0.2) is 51.3 Å². The Bertz CT molecular complexity index is 777. The number of aromatic amines is 1. The largest absolute Gasteiger partial charge is 0.353 e. The van der Waals surface area contributed by atoms with Crippen molar-refractivity contribution in [3.8, 4) is 0 Å². The standard InChI is InChI=1S/C14H14BrN7/c15-10-1-2-12(16-7-10)21-3-5-22(6-4-21)14-11-8-19-20-13(11)17-9-18-14/h1-2,7-9H,3-6H2,(H,17,18,19,20). The number of piperazine rings is 1. The number of nitrogens with one attached hydrogen (secondary N) is 1. The smallest absolute Gasteiger partial charge is 0.160 e. The SMILES string of the molecule is Brc1ccc(N2CCN(c3ncnc4[nH]ncc34)CC2)nc1. The molecule has 0 amide bonds. The van der Waals surface area contributed by atoms with Gasteiger partial charge >= 0.3 is 0 Å². The lowest BCUT2D eigenvalue weighted by atomic mass is 10.2. The number of H-pyrrole nitrogens is 1. The number of fused-ring (bicyclic) bond motifs is 1. The van der Waals surface area contributed by atoms with Crippen LogP contribution in [0.5, 0.6) is 0 Å². The second kappa shape index (κ2) is 5.53. The second-order valence-electron chi connectivity index (χ2n) is 5.14. The first-order valence-electron chi connectivity index (χ1n) is 7.07. The number of hydrogen-bond acceptors (Lipinski definition) is 6. The summed E-state index contributed by atoms with van der Waals surface area (Å²) in [7, 11) is 0. The summed E-state index contributed by atoms with van der Waals surface area (Å²) in [5, 5.41) is 7.90. The second-order valence-corrected chi connectivity index (χ2v) is 6.05. The highest BCUT2D eigenvalue weighted by molar-refractivity contribution is 9.10. The Balaban J connectivity index is 1.52. The zero-order valence-electron chi connectivity index (χ0n) is 11.8. The maximum atomic E-state index is 4.46. The lowest BCUT2D eigenvalue weighted by Gasteiger charge is -2.36. The van der Waals surface area contributed by atoms with Gasteiger partial charge < -0.3 is 9.80 Å². The van der Waals surface area contributed by atoms with Crippen LogP contribution in [0.25, 0.3) is 11.0 Å². The Morgan fingerprint density at radius 1 is 0.955 bits per heavy atom. The predicted octanol–water partition coefficient (Wildman–Crippen LogP) is 1.84. The molecule has 0 unspecified atom stereocenters. The molecule has 1 aliphatic rings. The summed E-state index contributed by atoms with van der Waals surface area (Å²) in [5.74, 6) is 1.96. The van der Waals surface area contributed by atoms with E-state index in [9.17, 15) is 0 Å². The Labute approximate surface area is 135 Å². The zero-order valence-corrected chi connectivity index (χ0v) is 13.4. The van der Waals surface area contributed by atoms with E-state index in [1.54, 1.807) is 12.5 Å². The van der Waals surface area contributed by atoms with Gasteiger partial charge in [-0.1, -0.05) is 0 Å². The fourth-order valence-electron chi connectivity index (χ4n) is 2.71. The number of rotatable bonds is 2. The van der Waals surface area contributed by atoms with Crippen molar-refractivity contribution < 1.29 is 0 Å². The van der Waals surface area contributed by atoms with Crippen molar-refractivity contribution in [2.24, 2.45) is 0 Å². The number of pyridine rings is 1. The van der Waals surface area contributed by atoms with Gasteiger partial charge in [-0.05, 0) is 28.1 Å². The van der Waals surface area contributed by atoms with Crippen LogP contribution < -0.4 is 9.80 Å². The molecule has 0 bridgehead atoms. The Hall–Kier alpha value is -2.22. The molecule has 1 N–H and O–H groups in total. The van der Waals surface area contributed by atoms with Gasteiger partial charge in [-0.2, -0.15) is 5.10 Å². The van der Waals surface area contributed by atoms with Gasteiger partial charge in [0.1, 0.15) is 18.0 Å². The van der Waals surface area contributed by atoms with Crippen LogP contribution in [0, 0.1) is 0 Å². The van der Waals surface area contributed by atoms with E-state index in [-0.39, 0.29) is 0 Å². The predicted molar refractivity (Wildman–Crippen MR) is 88.0 cm³/mol. The topological polar surface area (TPSA) is 73.8 Å². The highest BCUT2D eigenvalue weighted by atomic mass is 79.9. The zero-order chi connectivity index (χ0) is 14.9. The van der Waals surface area contributed by atoms with Crippen molar-refractivity contribution in [1.29, 1.82) is 0 Å². The van der Waals surface area contributed by atoms with Gasteiger partial charge in [-0.25, -0.2) is 15.0 Å². The summed E-state index contributed by atoms with van der Waals surface area (Å²) >= 11 is 3.42. The summed E-state index contributed by atoms with van der Waals surface area (Å²) in [5.41, 5.74) is 0.780. The average molecular weight is 360 g/mol. The van der Waals surface area contributed by atoms with Crippen LogP contribution in [0.4, 0.5) is 11.6 Å². The quantitative estimate of drug-likeness (QED) is 0.752. The molecule has 4 heterocycles. The summed E-state index contributed by atoms with van der Waals surface area (Å²) in [6.45, 7) is 3.63. The molecule has 0 saturated carbocycles. The maximum Gasteiger partial charge on any atom is 0.160 e. The van der Waals surface area contributed by atoms with Gasteiger partial charge in [0.05, 0.1) is 11.6 Å². The van der Waals surface area contributed by atoms with Crippen molar-refractivity contribution >= 4 is 38.6 Å². The molecule has 112 valence electrons. The molecule has 8 heteroatoms. The molecule has 0 atom stereocenters. The average Bonchev–Trinajstić information content (AvgIpc) is 3.04. The number of halogens is 1. The molecule has 3 aromatic rings. The molecule has 0 radical (unpaired) electrons.